The molecule has 0 aromatic carbocycles. The molecule has 1 nitrogen and oxygen atoms in total. The highest BCUT2D eigenvalue weighted by molar-refractivity contribution is 14.1. The van der Waals surface area contributed by atoms with E-state index in [9.17, 15) is 0 Å². The number of hydrogen-bond acceptors (Lipinski definition) is 2. The van der Waals surface area contributed by atoms with Crippen molar-refractivity contribution in [1.82, 2.24) is 4.98 Å². The summed E-state index contributed by atoms with van der Waals surface area (Å²) in [6.07, 6.45) is 1.83. The second-order valence-corrected chi connectivity index (χ2v) is 4.14. The summed E-state index contributed by atoms with van der Waals surface area (Å²) in [5, 5.41) is 1.14. The van der Waals surface area contributed by atoms with Gasteiger partial charge in [0, 0.05) is 9.77 Å². The van der Waals surface area contributed by atoms with Gasteiger partial charge in [-0.15, -0.1) is 11.8 Å². The van der Waals surface area contributed by atoms with Gasteiger partial charge in [0.2, 0.25) is 0 Å². The van der Waals surface area contributed by atoms with E-state index in [4.69, 9.17) is 0 Å². The number of nitrogens with zero attached hydrogens (tertiary/aromatic N) is 1. The lowest BCUT2D eigenvalue weighted by molar-refractivity contribution is 1.11. The Morgan fingerprint density at radius 2 is 2.50 bits per heavy atom. The Bertz CT molecular complexity index is 215. The van der Waals surface area contributed by atoms with Crippen molar-refractivity contribution in [3.05, 3.63) is 21.9 Å². The van der Waals surface area contributed by atoms with Crippen LogP contribution in [0.5, 0.6) is 0 Å². The number of pyridine rings is 1. The summed E-state index contributed by atoms with van der Waals surface area (Å²) in [5.74, 6) is 1.09. The van der Waals surface area contributed by atoms with Crippen LogP contribution >= 0.6 is 34.4 Å². The van der Waals surface area contributed by atoms with Crippen molar-refractivity contribution < 1.29 is 0 Å². The molecular formula is C7H8INS. The third-order valence-corrected chi connectivity index (χ3v) is 3.13. The fourth-order valence-corrected chi connectivity index (χ4v) is 2.04. The first-order valence-corrected chi connectivity index (χ1v) is 5.14. The molecule has 3 heteroatoms. The van der Waals surface area contributed by atoms with Gasteiger partial charge < -0.3 is 0 Å². The summed E-state index contributed by atoms with van der Waals surface area (Å²) in [6.45, 7) is 2.13. The van der Waals surface area contributed by atoms with Gasteiger partial charge >= 0.3 is 0 Å². The van der Waals surface area contributed by atoms with Crippen LogP contribution in [0.25, 0.3) is 0 Å². The zero-order valence-corrected chi connectivity index (χ0v) is 8.65. The van der Waals surface area contributed by atoms with E-state index in [-0.39, 0.29) is 0 Å². The first kappa shape index (κ1) is 8.33. The van der Waals surface area contributed by atoms with Crippen LogP contribution in [0.4, 0.5) is 0 Å². The minimum atomic E-state index is 1.09. The third-order valence-electron chi connectivity index (χ3n) is 1.01. The fourth-order valence-electron chi connectivity index (χ4n) is 0.614. The lowest BCUT2D eigenvalue weighted by Crippen LogP contribution is -1.82. The Balaban J connectivity index is 2.81. The van der Waals surface area contributed by atoms with Crippen molar-refractivity contribution >= 4 is 34.4 Å². The molecule has 0 N–H and O–H groups in total. The summed E-state index contributed by atoms with van der Waals surface area (Å²) in [6, 6.07) is 4.03. The largest absolute Gasteiger partial charge is 0.249 e. The molecule has 1 aromatic rings. The summed E-state index contributed by atoms with van der Waals surface area (Å²) >= 11 is 4.08. The Kier molecular flexibility index (Phi) is 3.48. The molecule has 0 spiro atoms. The van der Waals surface area contributed by atoms with Gasteiger partial charge in [0.15, 0.2) is 0 Å². The van der Waals surface area contributed by atoms with Crippen LogP contribution in [-0.2, 0) is 0 Å². The van der Waals surface area contributed by atoms with Gasteiger partial charge in [0.1, 0.15) is 5.03 Å². The quantitative estimate of drug-likeness (QED) is 0.602. The molecule has 1 aromatic heterocycles. The average molecular weight is 265 g/mol. The lowest BCUT2D eigenvalue weighted by Gasteiger charge is -1.97. The molecule has 0 atom stereocenters. The molecule has 0 amide bonds. The van der Waals surface area contributed by atoms with E-state index in [2.05, 4.69) is 40.6 Å². The predicted octanol–water partition coefficient (Wildman–Crippen LogP) is 2.80. The van der Waals surface area contributed by atoms with Crippen LogP contribution in [0.1, 0.15) is 6.92 Å². The summed E-state index contributed by atoms with van der Waals surface area (Å²) < 4.78 is 1.24. The summed E-state index contributed by atoms with van der Waals surface area (Å²) in [5.41, 5.74) is 0. The molecule has 1 rings (SSSR count). The maximum atomic E-state index is 4.22. The highest BCUT2D eigenvalue weighted by Gasteiger charge is 1.96. The Morgan fingerprint density at radius 3 is 3.10 bits per heavy atom. The van der Waals surface area contributed by atoms with E-state index in [0.29, 0.717) is 0 Å². The number of aromatic nitrogens is 1. The van der Waals surface area contributed by atoms with Crippen molar-refractivity contribution in [3.63, 3.8) is 0 Å². The first-order chi connectivity index (χ1) is 4.84. The standard InChI is InChI=1S/C7H8INS/c1-2-10-7-6(8)4-3-5-9-7/h3-5H,2H2,1H3. The zero-order chi connectivity index (χ0) is 7.40. The van der Waals surface area contributed by atoms with E-state index in [1.165, 1.54) is 3.57 Å². The van der Waals surface area contributed by atoms with Crippen LogP contribution in [0.2, 0.25) is 0 Å². The van der Waals surface area contributed by atoms with Gasteiger partial charge in [0.25, 0.3) is 0 Å². The van der Waals surface area contributed by atoms with Gasteiger partial charge in [0.05, 0.1) is 0 Å². The van der Waals surface area contributed by atoms with Crippen molar-refractivity contribution in [2.24, 2.45) is 0 Å². The van der Waals surface area contributed by atoms with Crippen molar-refractivity contribution in [1.29, 1.82) is 0 Å². The molecule has 0 saturated heterocycles. The molecule has 0 aliphatic carbocycles. The summed E-state index contributed by atoms with van der Waals surface area (Å²) in [4.78, 5) is 4.22. The van der Waals surface area contributed by atoms with Gasteiger partial charge in [-0.1, -0.05) is 6.92 Å². The Morgan fingerprint density at radius 1 is 1.70 bits per heavy atom. The molecule has 0 bridgehead atoms. The average Bonchev–Trinajstić information content (AvgIpc) is 1.94. The molecular weight excluding hydrogens is 257 g/mol. The van der Waals surface area contributed by atoms with Crippen molar-refractivity contribution in [3.8, 4) is 0 Å². The monoisotopic (exact) mass is 265 g/mol. The number of rotatable bonds is 2. The van der Waals surface area contributed by atoms with Gasteiger partial charge in [-0.2, -0.15) is 0 Å². The molecule has 0 radical (unpaired) electrons. The normalized spacial score (nSPS) is 9.80. The minimum absolute atomic E-state index is 1.09. The van der Waals surface area contributed by atoms with Crippen LogP contribution in [0, 0.1) is 3.57 Å². The van der Waals surface area contributed by atoms with Crippen molar-refractivity contribution in [2.75, 3.05) is 5.75 Å². The highest BCUT2D eigenvalue weighted by atomic mass is 127. The van der Waals surface area contributed by atoms with Gasteiger partial charge in [-0.05, 0) is 40.5 Å². The maximum Gasteiger partial charge on any atom is 0.109 e. The number of thioether (sulfide) groups is 1. The Labute approximate surface area is 78.8 Å². The predicted molar refractivity (Wildman–Crippen MR) is 53.4 cm³/mol. The van der Waals surface area contributed by atoms with E-state index < -0.39 is 0 Å². The molecule has 0 aliphatic heterocycles. The number of hydrogen-bond donors (Lipinski definition) is 0. The SMILES string of the molecule is CCSc1ncccc1I. The fraction of sp³-hybridized carbons (Fsp3) is 0.286. The second kappa shape index (κ2) is 4.18. The van der Waals surface area contributed by atoms with Crippen molar-refractivity contribution in [2.45, 2.75) is 11.9 Å². The maximum absolute atomic E-state index is 4.22. The van der Waals surface area contributed by atoms with Gasteiger partial charge in [-0.3, -0.25) is 0 Å². The van der Waals surface area contributed by atoms with E-state index in [0.717, 1.165) is 10.8 Å². The zero-order valence-electron chi connectivity index (χ0n) is 5.67. The molecule has 0 aliphatic rings. The lowest BCUT2D eigenvalue weighted by atomic mass is 10.5. The molecule has 1 heterocycles. The van der Waals surface area contributed by atoms with Crippen LogP contribution in [0.15, 0.2) is 23.4 Å². The van der Waals surface area contributed by atoms with Gasteiger partial charge in [-0.25, -0.2) is 4.98 Å². The van der Waals surface area contributed by atoms with Crippen LogP contribution in [0.3, 0.4) is 0 Å². The topological polar surface area (TPSA) is 12.9 Å². The third kappa shape index (κ3) is 2.12. The van der Waals surface area contributed by atoms with E-state index >= 15 is 0 Å². The van der Waals surface area contributed by atoms with E-state index in [1.54, 1.807) is 11.8 Å². The van der Waals surface area contributed by atoms with E-state index in [1.807, 2.05) is 12.3 Å². The molecule has 54 valence electrons. The number of halogens is 1. The minimum Gasteiger partial charge on any atom is -0.249 e. The second-order valence-electron chi connectivity index (χ2n) is 1.72. The highest BCUT2D eigenvalue weighted by Crippen LogP contribution is 2.20. The van der Waals surface area contributed by atoms with Crippen LogP contribution < -0.4 is 0 Å². The first-order valence-electron chi connectivity index (χ1n) is 3.08. The molecule has 0 fully saturated rings. The molecule has 0 saturated carbocycles. The summed E-state index contributed by atoms with van der Waals surface area (Å²) in [7, 11) is 0. The van der Waals surface area contributed by atoms with Crippen LogP contribution in [-0.4, -0.2) is 10.7 Å². The molecule has 0 unspecified atom stereocenters. The smallest absolute Gasteiger partial charge is 0.109 e. The molecule has 10 heavy (non-hydrogen) atoms. The Hall–Kier alpha value is 0.230.